The number of carbonyl (C=O) groups is 2. The number of ketones is 1. The zero-order valence-corrected chi connectivity index (χ0v) is 17.5. The number of fused-ring (bicyclic) bond motifs is 1. The van der Waals surface area contributed by atoms with Crippen LogP contribution in [-0.4, -0.2) is 49.6 Å². The molecule has 0 saturated carbocycles. The summed E-state index contributed by atoms with van der Waals surface area (Å²) in [4.78, 5) is 42.5. The molecule has 1 aliphatic rings. The molecule has 0 radical (unpaired) electrons. The number of hydrogen-bond donors (Lipinski definition) is 1. The van der Waals surface area contributed by atoms with Crippen molar-refractivity contribution in [2.45, 2.75) is 19.3 Å². The van der Waals surface area contributed by atoms with E-state index in [1.54, 1.807) is 43.6 Å². The van der Waals surface area contributed by atoms with Crippen molar-refractivity contribution in [1.29, 1.82) is 0 Å². The summed E-state index contributed by atoms with van der Waals surface area (Å²) < 4.78 is 5.99. The summed E-state index contributed by atoms with van der Waals surface area (Å²) >= 11 is 0. The van der Waals surface area contributed by atoms with Crippen molar-refractivity contribution < 1.29 is 14.3 Å². The minimum Gasteiger partial charge on any atom is -0.437 e. The molecule has 2 aromatic carbocycles. The lowest BCUT2D eigenvalue weighted by Gasteiger charge is -2.15. The Morgan fingerprint density at radius 1 is 1.06 bits per heavy atom. The van der Waals surface area contributed by atoms with Gasteiger partial charge in [-0.05, 0) is 42.8 Å². The van der Waals surface area contributed by atoms with E-state index in [1.807, 2.05) is 29.2 Å². The van der Waals surface area contributed by atoms with Gasteiger partial charge in [-0.1, -0.05) is 12.1 Å². The van der Waals surface area contributed by atoms with E-state index in [9.17, 15) is 9.59 Å². The van der Waals surface area contributed by atoms with Crippen LogP contribution in [0.15, 0.2) is 60.9 Å². The number of amides is 1. The van der Waals surface area contributed by atoms with E-state index in [-0.39, 0.29) is 17.6 Å². The highest BCUT2D eigenvalue weighted by Crippen LogP contribution is 2.33. The second-order valence-electron chi connectivity index (χ2n) is 7.76. The second-order valence-corrected chi connectivity index (χ2v) is 7.76. The zero-order valence-electron chi connectivity index (χ0n) is 17.5. The van der Waals surface area contributed by atoms with Crippen molar-refractivity contribution >= 4 is 22.7 Å². The molecule has 4 aromatic rings. The van der Waals surface area contributed by atoms with Crippen LogP contribution in [0.5, 0.6) is 11.6 Å². The summed E-state index contributed by atoms with van der Waals surface area (Å²) in [7, 11) is 0. The summed E-state index contributed by atoms with van der Waals surface area (Å²) in [6.45, 7) is 2.88. The van der Waals surface area contributed by atoms with E-state index in [0.29, 0.717) is 36.1 Å². The van der Waals surface area contributed by atoms with Gasteiger partial charge in [-0.25, -0.2) is 9.97 Å². The number of aromatic amines is 1. The summed E-state index contributed by atoms with van der Waals surface area (Å²) in [5.74, 6) is 1.21. The number of nitrogens with zero attached hydrogens (tertiary/aromatic N) is 4. The molecule has 3 heterocycles. The van der Waals surface area contributed by atoms with Gasteiger partial charge in [0.05, 0.1) is 11.0 Å². The predicted molar refractivity (Wildman–Crippen MR) is 118 cm³/mol. The first-order chi connectivity index (χ1) is 15.6. The minimum atomic E-state index is -0.191. The maximum absolute atomic E-state index is 12.8. The van der Waals surface area contributed by atoms with Crippen molar-refractivity contribution in [2.24, 2.45) is 0 Å². The highest BCUT2D eigenvalue weighted by molar-refractivity contribution is 6.08. The molecule has 0 unspecified atom stereocenters. The van der Waals surface area contributed by atoms with Gasteiger partial charge < -0.3 is 14.6 Å². The van der Waals surface area contributed by atoms with E-state index in [1.165, 1.54) is 0 Å². The largest absolute Gasteiger partial charge is 0.437 e. The number of benzene rings is 2. The van der Waals surface area contributed by atoms with Gasteiger partial charge in [0.15, 0.2) is 5.82 Å². The number of nitrogens with one attached hydrogen (secondary N) is 1. The van der Waals surface area contributed by atoms with Crippen molar-refractivity contribution in [1.82, 2.24) is 24.8 Å². The van der Waals surface area contributed by atoms with Crippen LogP contribution in [0.25, 0.3) is 11.0 Å². The van der Waals surface area contributed by atoms with Crippen LogP contribution >= 0.6 is 0 Å². The zero-order chi connectivity index (χ0) is 22.1. The van der Waals surface area contributed by atoms with Gasteiger partial charge in [0.2, 0.25) is 17.6 Å². The van der Waals surface area contributed by atoms with Gasteiger partial charge in [0.1, 0.15) is 11.4 Å². The standard InChI is InChI=1S/C24H21N5O3/c1-15(30)29-13-10-17(14-29)21-24(26-12-11-25-21)32-18-8-6-16(7-9-18)22(31)23-27-19-4-2-3-5-20(19)28-23/h2-9,11-12,17H,10,13-14H2,1H3,(H,27,28)/t17-/m1/s1. The Morgan fingerprint density at radius 2 is 1.84 bits per heavy atom. The molecule has 8 heteroatoms. The highest BCUT2D eigenvalue weighted by atomic mass is 16.5. The van der Waals surface area contributed by atoms with Gasteiger partial charge in [-0.3, -0.25) is 14.6 Å². The molecule has 1 aliphatic heterocycles. The average molecular weight is 427 g/mol. The molecule has 1 amide bonds. The normalized spacial score (nSPS) is 15.8. The first-order valence-electron chi connectivity index (χ1n) is 10.4. The molecule has 2 aromatic heterocycles. The van der Waals surface area contributed by atoms with E-state index in [2.05, 4.69) is 19.9 Å². The third-order valence-electron chi connectivity index (χ3n) is 5.65. The molecular weight excluding hydrogens is 406 g/mol. The number of ether oxygens (including phenoxy) is 1. The van der Waals surface area contributed by atoms with Crippen LogP contribution in [0.3, 0.4) is 0 Å². The molecule has 1 saturated heterocycles. The summed E-state index contributed by atoms with van der Waals surface area (Å²) in [6, 6.07) is 14.4. The fourth-order valence-corrected chi connectivity index (χ4v) is 3.95. The molecule has 160 valence electrons. The topological polar surface area (TPSA) is 101 Å². The van der Waals surface area contributed by atoms with Crippen LogP contribution in [0.4, 0.5) is 0 Å². The number of para-hydroxylation sites is 2. The Morgan fingerprint density at radius 3 is 2.59 bits per heavy atom. The molecule has 5 rings (SSSR count). The lowest BCUT2D eigenvalue weighted by atomic mass is 10.1. The second kappa shape index (κ2) is 8.22. The highest BCUT2D eigenvalue weighted by Gasteiger charge is 2.29. The van der Waals surface area contributed by atoms with Gasteiger partial charge in [-0.15, -0.1) is 0 Å². The maximum Gasteiger partial charge on any atom is 0.241 e. The van der Waals surface area contributed by atoms with E-state index >= 15 is 0 Å². The Balaban J connectivity index is 1.33. The fraction of sp³-hybridized carbons (Fsp3) is 0.208. The number of likely N-dealkylation sites (tertiary alicyclic amines) is 1. The summed E-state index contributed by atoms with van der Waals surface area (Å²) in [5.41, 5.74) is 2.81. The van der Waals surface area contributed by atoms with Crippen LogP contribution in [0.1, 0.15) is 41.1 Å². The monoisotopic (exact) mass is 427 g/mol. The van der Waals surface area contributed by atoms with Gasteiger partial charge in [-0.2, -0.15) is 0 Å². The first-order valence-corrected chi connectivity index (χ1v) is 10.4. The molecule has 0 aliphatic carbocycles. The third kappa shape index (κ3) is 3.82. The van der Waals surface area contributed by atoms with Crippen molar-refractivity contribution in [3.05, 3.63) is 78.0 Å². The number of H-pyrrole nitrogens is 1. The number of aromatic nitrogens is 4. The molecular formula is C24H21N5O3. The lowest BCUT2D eigenvalue weighted by Crippen LogP contribution is -2.25. The molecule has 32 heavy (non-hydrogen) atoms. The number of carbonyl (C=O) groups excluding carboxylic acids is 2. The fourth-order valence-electron chi connectivity index (χ4n) is 3.95. The third-order valence-corrected chi connectivity index (χ3v) is 5.65. The van der Waals surface area contributed by atoms with E-state index < -0.39 is 0 Å². The quantitative estimate of drug-likeness (QED) is 0.487. The molecule has 0 spiro atoms. The van der Waals surface area contributed by atoms with Crippen molar-refractivity contribution in [3.63, 3.8) is 0 Å². The van der Waals surface area contributed by atoms with E-state index in [0.717, 1.165) is 23.1 Å². The minimum absolute atomic E-state index is 0.0589. The summed E-state index contributed by atoms with van der Waals surface area (Å²) in [6.07, 6.45) is 4.03. The smallest absolute Gasteiger partial charge is 0.241 e. The summed E-state index contributed by atoms with van der Waals surface area (Å²) in [5, 5.41) is 0. The first kappa shape index (κ1) is 19.9. The van der Waals surface area contributed by atoms with Crippen LogP contribution in [0, 0.1) is 0 Å². The van der Waals surface area contributed by atoms with Crippen LogP contribution in [-0.2, 0) is 4.79 Å². The van der Waals surface area contributed by atoms with Crippen LogP contribution < -0.4 is 4.74 Å². The molecule has 8 nitrogen and oxygen atoms in total. The number of hydrogen-bond acceptors (Lipinski definition) is 6. The Bertz CT molecular complexity index is 1270. The number of imidazole rings is 1. The van der Waals surface area contributed by atoms with Crippen molar-refractivity contribution in [3.8, 4) is 11.6 Å². The Labute approximate surface area is 184 Å². The lowest BCUT2D eigenvalue weighted by molar-refractivity contribution is -0.127. The van der Waals surface area contributed by atoms with Crippen LogP contribution in [0.2, 0.25) is 0 Å². The van der Waals surface area contributed by atoms with E-state index in [4.69, 9.17) is 4.74 Å². The van der Waals surface area contributed by atoms with Gasteiger partial charge in [0, 0.05) is 43.9 Å². The Kier molecular flexibility index (Phi) is 5.10. The average Bonchev–Trinajstić information content (AvgIpc) is 3.47. The van der Waals surface area contributed by atoms with Crippen molar-refractivity contribution in [2.75, 3.05) is 13.1 Å². The molecule has 1 fully saturated rings. The molecule has 0 bridgehead atoms. The SMILES string of the molecule is CC(=O)N1CC[C@@H](c2nccnc2Oc2ccc(C(=O)c3nc4ccccc4[nH]3)cc2)C1. The van der Waals surface area contributed by atoms with Gasteiger partial charge in [0.25, 0.3) is 0 Å². The molecule has 1 N–H and O–H groups in total. The number of rotatable bonds is 5. The molecule has 1 atom stereocenters. The van der Waals surface area contributed by atoms with Gasteiger partial charge >= 0.3 is 0 Å². The Hall–Kier alpha value is -4.07. The predicted octanol–water partition coefficient (Wildman–Crippen LogP) is 3.71. The maximum atomic E-state index is 12.8.